The molecule has 29 heavy (non-hydrogen) atoms. The van der Waals surface area contributed by atoms with Crippen LogP contribution in [-0.2, 0) is 4.79 Å². The second kappa shape index (κ2) is 8.94. The van der Waals surface area contributed by atoms with E-state index in [-0.39, 0.29) is 12.5 Å². The van der Waals surface area contributed by atoms with Gasteiger partial charge >= 0.3 is 0 Å². The number of para-hydroxylation sites is 2. The van der Waals surface area contributed by atoms with Crippen LogP contribution in [0.25, 0.3) is 10.9 Å². The zero-order valence-electron chi connectivity index (χ0n) is 15.2. The molecule has 0 saturated heterocycles. The first-order valence-electron chi connectivity index (χ1n) is 8.84. The molecular formula is C22H16ClN3O2S. The van der Waals surface area contributed by atoms with E-state index in [2.05, 4.69) is 15.3 Å². The van der Waals surface area contributed by atoms with E-state index >= 15 is 0 Å². The number of carbonyl (C=O) groups is 1. The molecule has 0 fully saturated rings. The number of benzene rings is 3. The average Bonchev–Trinajstić information content (AvgIpc) is 2.75. The maximum atomic E-state index is 12.5. The Labute approximate surface area is 177 Å². The molecule has 5 nitrogen and oxygen atoms in total. The Hall–Kier alpha value is -3.09. The molecule has 4 aromatic rings. The van der Waals surface area contributed by atoms with Gasteiger partial charge in [-0.15, -0.1) is 0 Å². The van der Waals surface area contributed by atoms with Crippen molar-refractivity contribution in [2.75, 3.05) is 11.9 Å². The molecule has 0 aliphatic rings. The second-order valence-electron chi connectivity index (χ2n) is 6.08. The topological polar surface area (TPSA) is 64.1 Å². The molecule has 0 bridgehead atoms. The van der Waals surface area contributed by atoms with Crippen LogP contribution in [0.1, 0.15) is 0 Å². The van der Waals surface area contributed by atoms with E-state index in [9.17, 15) is 4.79 Å². The molecular weight excluding hydrogens is 406 g/mol. The van der Waals surface area contributed by atoms with Gasteiger partial charge < -0.3 is 10.1 Å². The molecule has 0 aliphatic carbocycles. The number of aromatic nitrogens is 2. The van der Waals surface area contributed by atoms with Crippen LogP contribution in [-0.4, -0.2) is 22.5 Å². The van der Waals surface area contributed by atoms with Gasteiger partial charge in [0.05, 0.1) is 16.6 Å². The maximum Gasteiger partial charge on any atom is 0.262 e. The Kier molecular flexibility index (Phi) is 5.93. The van der Waals surface area contributed by atoms with Crippen molar-refractivity contribution in [1.82, 2.24) is 9.97 Å². The molecule has 0 spiro atoms. The Balaban J connectivity index is 1.44. The minimum atomic E-state index is -0.267. The van der Waals surface area contributed by atoms with Crippen LogP contribution >= 0.6 is 23.4 Å². The summed E-state index contributed by atoms with van der Waals surface area (Å²) in [5.74, 6) is 0.117. The molecule has 3 aromatic carbocycles. The number of nitrogens with zero attached hydrogens (tertiary/aromatic N) is 2. The van der Waals surface area contributed by atoms with Crippen LogP contribution in [0.3, 0.4) is 0 Å². The average molecular weight is 422 g/mol. The van der Waals surface area contributed by atoms with E-state index in [0.717, 1.165) is 20.7 Å². The number of amides is 1. The highest BCUT2D eigenvalue weighted by molar-refractivity contribution is 7.99. The van der Waals surface area contributed by atoms with Crippen molar-refractivity contribution in [3.05, 3.63) is 84.1 Å². The number of anilines is 1. The predicted molar refractivity (Wildman–Crippen MR) is 116 cm³/mol. The lowest BCUT2D eigenvalue weighted by atomic mass is 10.2. The standard InChI is InChI=1S/C22H16ClN3O2S/c23-15-9-11-16(12-10-15)29-20-8-4-3-7-19(20)26-21(27)13-28-22-17-5-1-2-6-18(17)24-14-25-22/h1-12,14H,13H2,(H,26,27). The third-order valence-electron chi connectivity index (χ3n) is 4.05. The van der Waals surface area contributed by atoms with Crippen molar-refractivity contribution < 1.29 is 9.53 Å². The highest BCUT2D eigenvalue weighted by Gasteiger charge is 2.11. The summed E-state index contributed by atoms with van der Waals surface area (Å²) in [6.07, 6.45) is 1.42. The van der Waals surface area contributed by atoms with Gasteiger partial charge in [0.1, 0.15) is 6.33 Å². The summed E-state index contributed by atoms with van der Waals surface area (Å²) < 4.78 is 5.64. The molecule has 0 aliphatic heterocycles. The number of carbonyl (C=O) groups excluding carboxylic acids is 1. The summed E-state index contributed by atoms with van der Waals surface area (Å²) in [6, 6.07) is 22.7. The molecule has 0 saturated carbocycles. The first kappa shape index (κ1) is 19.2. The van der Waals surface area contributed by atoms with Gasteiger partial charge in [-0.3, -0.25) is 4.79 Å². The number of halogens is 1. The van der Waals surface area contributed by atoms with Gasteiger partial charge in [-0.25, -0.2) is 9.97 Å². The van der Waals surface area contributed by atoms with E-state index in [1.54, 1.807) is 11.8 Å². The van der Waals surface area contributed by atoms with Gasteiger partial charge in [0, 0.05) is 14.8 Å². The van der Waals surface area contributed by atoms with Crippen molar-refractivity contribution in [3.8, 4) is 5.88 Å². The lowest BCUT2D eigenvalue weighted by Gasteiger charge is -2.12. The van der Waals surface area contributed by atoms with Crippen molar-refractivity contribution in [3.63, 3.8) is 0 Å². The predicted octanol–water partition coefficient (Wildman–Crippen LogP) is 5.45. The third kappa shape index (κ3) is 4.85. The summed E-state index contributed by atoms with van der Waals surface area (Å²) in [4.78, 5) is 22.7. The van der Waals surface area contributed by atoms with Crippen molar-refractivity contribution in [2.45, 2.75) is 9.79 Å². The largest absolute Gasteiger partial charge is 0.467 e. The van der Waals surface area contributed by atoms with Crippen LogP contribution in [0.5, 0.6) is 5.88 Å². The highest BCUT2D eigenvalue weighted by atomic mass is 35.5. The van der Waals surface area contributed by atoms with E-state index in [1.165, 1.54) is 6.33 Å². The Morgan fingerprint density at radius 3 is 2.59 bits per heavy atom. The van der Waals surface area contributed by atoms with Crippen LogP contribution in [0.15, 0.2) is 88.9 Å². The van der Waals surface area contributed by atoms with Crippen molar-refractivity contribution >= 4 is 45.9 Å². The molecule has 0 radical (unpaired) electrons. The normalized spacial score (nSPS) is 10.7. The van der Waals surface area contributed by atoms with E-state index in [1.807, 2.05) is 72.8 Å². The zero-order chi connectivity index (χ0) is 20.1. The lowest BCUT2D eigenvalue weighted by Crippen LogP contribution is -2.21. The molecule has 1 aromatic heterocycles. The van der Waals surface area contributed by atoms with Gasteiger partial charge in [0.25, 0.3) is 5.91 Å². The minimum Gasteiger partial charge on any atom is -0.467 e. The van der Waals surface area contributed by atoms with Crippen LogP contribution in [0.2, 0.25) is 5.02 Å². The van der Waals surface area contributed by atoms with Gasteiger partial charge in [-0.1, -0.05) is 47.6 Å². The third-order valence-corrected chi connectivity index (χ3v) is 5.38. The summed E-state index contributed by atoms with van der Waals surface area (Å²) in [5, 5.41) is 4.36. The molecule has 0 unspecified atom stereocenters. The van der Waals surface area contributed by atoms with E-state index < -0.39 is 0 Å². The first-order valence-corrected chi connectivity index (χ1v) is 10.0. The molecule has 0 atom stereocenters. The Bertz CT molecular complexity index is 1150. The van der Waals surface area contributed by atoms with Gasteiger partial charge in [0.15, 0.2) is 6.61 Å². The number of hydrogen-bond donors (Lipinski definition) is 1. The second-order valence-corrected chi connectivity index (χ2v) is 7.64. The quantitative estimate of drug-likeness (QED) is 0.448. The fourth-order valence-corrected chi connectivity index (χ4v) is 3.73. The van der Waals surface area contributed by atoms with Gasteiger partial charge in [-0.05, 0) is 48.5 Å². The SMILES string of the molecule is O=C(COc1ncnc2ccccc12)Nc1ccccc1Sc1ccc(Cl)cc1. The van der Waals surface area contributed by atoms with Crippen molar-refractivity contribution in [1.29, 1.82) is 0 Å². The van der Waals surface area contributed by atoms with Crippen LogP contribution < -0.4 is 10.1 Å². The Morgan fingerprint density at radius 2 is 1.72 bits per heavy atom. The number of nitrogens with one attached hydrogen (secondary N) is 1. The van der Waals surface area contributed by atoms with Crippen molar-refractivity contribution in [2.24, 2.45) is 0 Å². The van der Waals surface area contributed by atoms with Crippen LogP contribution in [0.4, 0.5) is 5.69 Å². The molecule has 144 valence electrons. The minimum absolute atomic E-state index is 0.152. The number of ether oxygens (including phenoxy) is 1. The lowest BCUT2D eigenvalue weighted by molar-refractivity contribution is -0.118. The smallest absolute Gasteiger partial charge is 0.262 e. The van der Waals surface area contributed by atoms with E-state index in [4.69, 9.17) is 16.3 Å². The summed E-state index contributed by atoms with van der Waals surface area (Å²) >= 11 is 7.49. The molecule has 1 amide bonds. The monoisotopic (exact) mass is 421 g/mol. The molecule has 1 N–H and O–H groups in total. The van der Waals surface area contributed by atoms with Gasteiger partial charge in [0.2, 0.25) is 5.88 Å². The fraction of sp³-hybridized carbons (Fsp3) is 0.0455. The maximum absolute atomic E-state index is 12.5. The summed E-state index contributed by atoms with van der Waals surface area (Å²) in [5.41, 5.74) is 1.48. The molecule has 7 heteroatoms. The van der Waals surface area contributed by atoms with Gasteiger partial charge in [-0.2, -0.15) is 0 Å². The fourth-order valence-electron chi connectivity index (χ4n) is 2.70. The number of fused-ring (bicyclic) bond motifs is 1. The number of hydrogen-bond acceptors (Lipinski definition) is 5. The molecule has 1 heterocycles. The Morgan fingerprint density at radius 1 is 0.966 bits per heavy atom. The highest BCUT2D eigenvalue weighted by Crippen LogP contribution is 2.33. The van der Waals surface area contributed by atoms with Crippen LogP contribution in [0, 0.1) is 0 Å². The van der Waals surface area contributed by atoms with E-state index in [0.29, 0.717) is 16.6 Å². The summed E-state index contributed by atoms with van der Waals surface area (Å²) in [6.45, 7) is -0.152. The first-order chi connectivity index (χ1) is 14.2. The summed E-state index contributed by atoms with van der Waals surface area (Å²) in [7, 11) is 0. The number of rotatable bonds is 6. The molecule has 4 rings (SSSR count). The zero-order valence-corrected chi connectivity index (χ0v) is 16.8.